The standard InChI is InChI=1S/C20H27N5O/c1-15-24-17(13-26-15)12-25-9-7-18-19(8-10-25)22-14-23-20(18)21-11-16-5-3-2-4-6-16/h5,13-14H,2-4,6-12H2,1H3,(H,21,22,23). The van der Waals surface area contributed by atoms with Crippen molar-refractivity contribution in [3.8, 4) is 0 Å². The summed E-state index contributed by atoms with van der Waals surface area (Å²) < 4.78 is 5.33. The van der Waals surface area contributed by atoms with E-state index in [9.17, 15) is 0 Å². The molecular formula is C20H27N5O. The van der Waals surface area contributed by atoms with Crippen molar-refractivity contribution in [2.75, 3.05) is 25.0 Å². The van der Waals surface area contributed by atoms with E-state index in [0.29, 0.717) is 0 Å². The smallest absolute Gasteiger partial charge is 0.191 e. The number of hydrogen-bond acceptors (Lipinski definition) is 6. The fourth-order valence-electron chi connectivity index (χ4n) is 3.86. The van der Waals surface area contributed by atoms with Crippen molar-refractivity contribution in [2.24, 2.45) is 0 Å². The minimum absolute atomic E-state index is 0.729. The van der Waals surface area contributed by atoms with E-state index in [0.717, 1.165) is 56.4 Å². The molecule has 1 aliphatic heterocycles. The first-order valence-corrected chi connectivity index (χ1v) is 9.66. The lowest BCUT2D eigenvalue weighted by Crippen LogP contribution is -2.26. The fourth-order valence-corrected chi connectivity index (χ4v) is 3.86. The lowest BCUT2D eigenvalue weighted by atomic mass is 9.99. The third kappa shape index (κ3) is 4.12. The molecule has 138 valence electrons. The summed E-state index contributed by atoms with van der Waals surface area (Å²) in [5.41, 5.74) is 4.98. The molecule has 0 amide bonds. The lowest BCUT2D eigenvalue weighted by Gasteiger charge is -2.18. The average molecular weight is 353 g/mol. The van der Waals surface area contributed by atoms with Gasteiger partial charge in [-0.1, -0.05) is 11.6 Å². The van der Waals surface area contributed by atoms with Crippen LogP contribution < -0.4 is 5.32 Å². The number of hydrogen-bond donors (Lipinski definition) is 1. The monoisotopic (exact) mass is 353 g/mol. The van der Waals surface area contributed by atoms with Gasteiger partial charge in [-0.2, -0.15) is 0 Å². The Kier molecular flexibility index (Phi) is 5.29. The van der Waals surface area contributed by atoms with E-state index < -0.39 is 0 Å². The Hall–Kier alpha value is -2.21. The van der Waals surface area contributed by atoms with Gasteiger partial charge in [-0.3, -0.25) is 4.90 Å². The first-order valence-electron chi connectivity index (χ1n) is 9.66. The summed E-state index contributed by atoms with van der Waals surface area (Å²) in [5, 5.41) is 3.57. The number of rotatable bonds is 5. The highest BCUT2D eigenvalue weighted by Gasteiger charge is 2.19. The number of nitrogens with one attached hydrogen (secondary N) is 1. The first kappa shape index (κ1) is 17.2. The Morgan fingerprint density at radius 3 is 2.88 bits per heavy atom. The Morgan fingerprint density at radius 1 is 1.15 bits per heavy atom. The maximum atomic E-state index is 5.33. The van der Waals surface area contributed by atoms with Gasteiger partial charge in [0.05, 0.1) is 11.4 Å². The molecule has 0 aromatic carbocycles. The van der Waals surface area contributed by atoms with Gasteiger partial charge in [-0.25, -0.2) is 15.0 Å². The molecule has 6 heteroatoms. The molecule has 0 fully saturated rings. The van der Waals surface area contributed by atoms with E-state index >= 15 is 0 Å². The van der Waals surface area contributed by atoms with E-state index in [2.05, 4.69) is 31.2 Å². The van der Waals surface area contributed by atoms with Crippen LogP contribution in [0.25, 0.3) is 0 Å². The molecule has 1 N–H and O–H groups in total. The van der Waals surface area contributed by atoms with Crippen molar-refractivity contribution in [1.82, 2.24) is 19.9 Å². The molecule has 0 atom stereocenters. The number of aromatic nitrogens is 3. The third-order valence-corrected chi connectivity index (χ3v) is 5.30. The number of allylic oxidation sites excluding steroid dienone is 1. The molecule has 0 spiro atoms. The van der Waals surface area contributed by atoms with Crippen LogP contribution in [0.4, 0.5) is 5.82 Å². The van der Waals surface area contributed by atoms with Crippen molar-refractivity contribution in [2.45, 2.75) is 52.0 Å². The molecule has 2 aromatic rings. The van der Waals surface area contributed by atoms with E-state index in [-0.39, 0.29) is 0 Å². The molecule has 0 saturated carbocycles. The molecule has 0 bridgehead atoms. The SMILES string of the molecule is Cc1nc(CN2CCc3ncnc(NCC4=CCCCC4)c3CC2)co1. The minimum atomic E-state index is 0.729. The van der Waals surface area contributed by atoms with E-state index in [4.69, 9.17) is 4.42 Å². The highest BCUT2D eigenvalue weighted by Crippen LogP contribution is 2.23. The van der Waals surface area contributed by atoms with Crippen molar-refractivity contribution in [3.05, 3.63) is 47.1 Å². The Labute approximate surface area is 154 Å². The topological polar surface area (TPSA) is 67.1 Å². The third-order valence-electron chi connectivity index (χ3n) is 5.30. The second-order valence-corrected chi connectivity index (χ2v) is 7.24. The van der Waals surface area contributed by atoms with Crippen LogP contribution in [-0.2, 0) is 19.4 Å². The summed E-state index contributed by atoms with van der Waals surface area (Å²) in [7, 11) is 0. The van der Waals surface area contributed by atoms with Crippen LogP contribution in [0.3, 0.4) is 0 Å². The largest absolute Gasteiger partial charge is 0.449 e. The maximum Gasteiger partial charge on any atom is 0.191 e. The first-order chi connectivity index (χ1) is 12.8. The predicted molar refractivity (Wildman–Crippen MR) is 101 cm³/mol. The average Bonchev–Trinajstić information content (AvgIpc) is 2.96. The van der Waals surface area contributed by atoms with E-state index in [1.54, 1.807) is 12.6 Å². The Morgan fingerprint density at radius 2 is 2.08 bits per heavy atom. The molecule has 2 aromatic heterocycles. The molecule has 0 saturated heterocycles. The Bertz CT molecular complexity index is 782. The van der Waals surface area contributed by atoms with Crippen molar-refractivity contribution in [3.63, 3.8) is 0 Å². The van der Waals surface area contributed by atoms with Gasteiger partial charge in [0.25, 0.3) is 0 Å². The lowest BCUT2D eigenvalue weighted by molar-refractivity contribution is 0.275. The van der Waals surface area contributed by atoms with Crippen LogP contribution in [0.1, 0.15) is 48.5 Å². The van der Waals surface area contributed by atoms with Gasteiger partial charge in [-0.05, 0) is 32.1 Å². The van der Waals surface area contributed by atoms with Crippen LogP contribution in [0.5, 0.6) is 0 Å². The van der Waals surface area contributed by atoms with Crippen LogP contribution in [0.2, 0.25) is 0 Å². The second kappa shape index (κ2) is 7.99. The van der Waals surface area contributed by atoms with Crippen molar-refractivity contribution < 1.29 is 4.42 Å². The molecule has 2 aliphatic rings. The molecule has 4 rings (SSSR count). The number of fused-ring (bicyclic) bond motifs is 1. The fraction of sp³-hybridized carbons (Fsp3) is 0.550. The van der Waals surface area contributed by atoms with Crippen LogP contribution >= 0.6 is 0 Å². The summed E-state index contributed by atoms with van der Waals surface area (Å²) in [4.78, 5) is 15.9. The van der Waals surface area contributed by atoms with Crippen LogP contribution in [-0.4, -0.2) is 39.5 Å². The normalized spacial score (nSPS) is 18.1. The number of aryl methyl sites for hydroxylation is 1. The zero-order valence-electron chi connectivity index (χ0n) is 15.5. The van der Waals surface area contributed by atoms with Gasteiger partial charge in [0.15, 0.2) is 5.89 Å². The van der Waals surface area contributed by atoms with Crippen molar-refractivity contribution in [1.29, 1.82) is 0 Å². The summed E-state index contributed by atoms with van der Waals surface area (Å²) in [5.74, 6) is 1.74. The van der Waals surface area contributed by atoms with Gasteiger partial charge >= 0.3 is 0 Å². The molecule has 0 radical (unpaired) electrons. The Balaban J connectivity index is 1.41. The van der Waals surface area contributed by atoms with Gasteiger partial charge in [0.2, 0.25) is 0 Å². The van der Waals surface area contributed by atoms with Gasteiger partial charge < -0.3 is 9.73 Å². The summed E-state index contributed by atoms with van der Waals surface area (Å²) >= 11 is 0. The number of oxazole rings is 1. The molecular weight excluding hydrogens is 326 g/mol. The second-order valence-electron chi connectivity index (χ2n) is 7.24. The molecule has 6 nitrogen and oxygen atoms in total. The molecule has 3 heterocycles. The van der Waals surface area contributed by atoms with Gasteiger partial charge in [0.1, 0.15) is 18.4 Å². The summed E-state index contributed by atoms with van der Waals surface area (Å²) in [6.45, 7) is 5.60. The molecule has 0 unspecified atom stereocenters. The minimum Gasteiger partial charge on any atom is -0.449 e. The number of nitrogens with zero attached hydrogens (tertiary/aromatic N) is 4. The maximum absolute atomic E-state index is 5.33. The van der Waals surface area contributed by atoms with E-state index in [1.807, 2.05) is 6.92 Å². The predicted octanol–water partition coefficient (Wildman–Crippen LogP) is 3.29. The molecule has 26 heavy (non-hydrogen) atoms. The number of anilines is 1. The molecule has 1 aliphatic carbocycles. The van der Waals surface area contributed by atoms with E-state index in [1.165, 1.54) is 42.5 Å². The van der Waals surface area contributed by atoms with Gasteiger partial charge in [-0.15, -0.1) is 0 Å². The highest BCUT2D eigenvalue weighted by atomic mass is 16.3. The quantitative estimate of drug-likeness (QED) is 0.832. The van der Waals surface area contributed by atoms with Crippen LogP contribution in [0.15, 0.2) is 28.7 Å². The van der Waals surface area contributed by atoms with Crippen molar-refractivity contribution >= 4 is 5.82 Å². The van der Waals surface area contributed by atoms with Crippen LogP contribution in [0, 0.1) is 6.92 Å². The zero-order chi connectivity index (χ0) is 17.8. The summed E-state index contributed by atoms with van der Waals surface area (Å²) in [6.07, 6.45) is 12.8. The zero-order valence-corrected chi connectivity index (χ0v) is 15.5. The van der Waals surface area contributed by atoms with Gasteiger partial charge in [0, 0.05) is 45.1 Å². The highest BCUT2D eigenvalue weighted by molar-refractivity contribution is 5.47. The summed E-state index contributed by atoms with van der Waals surface area (Å²) in [6, 6.07) is 0.